The Labute approximate surface area is 275 Å². The number of hydrogen-bond acceptors (Lipinski definition) is 9. The van der Waals surface area contributed by atoms with Crippen LogP contribution in [-0.2, 0) is 19.7 Å². The first-order valence-corrected chi connectivity index (χ1v) is 15.8. The van der Waals surface area contributed by atoms with Crippen LogP contribution in [0, 0.1) is 0 Å². The molecule has 1 saturated heterocycles. The van der Waals surface area contributed by atoms with E-state index >= 15 is 0 Å². The van der Waals surface area contributed by atoms with Gasteiger partial charge in [-0.25, -0.2) is 10.2 Å². The zero-order valence-electron chi connectivity index (χ0n) is 28.0. The van der Waals surface area contributed by atoms with E-state index in [1.54, 1.807) is 31.2 Å². The van der Waals surface area contributed by atoms with E-state index in [1.807, 2.05) is 52.0 Å². The number of morpholine rings is 1. The topological polar surface area (TPSA) is 140 Å². The molecule has 0 aliphatic carbocycles. The van der Waals surface area contributed by atoms with Crippen molar-refractivity contribution in [2.75, 3.05) is 65.0 Å². The van der Waals surface area contributed by atoms with Crippen LogP contribution < -0.4 is 25.5 Å². The number of hydrogen-bond donors (Lipinski definition) is 3. The average molecular weight is 648 g/mol. The van der Waals surface area contributed by atoms with Gasteiger partial charge >= 0.3 is 6.09 Å². The van der Waals surface area contributed by atoms with Crippen LogP contribution in [0.2, 0.25) is 0 Å². The molecule has 3 N–H and O–H groups in total. The number of methoxy groups -OCH3 is 1. The van der Waals surface area contributed by atoms with E-state index < -0.39 is 12.0 Å². The smallest absolute Gasteiger partial charge is 0.427 e. The largest absolute Gasteiger partial charge is 0.494 e. The Bertz CT molecular complexity index is 1610. The fraction of sp³-hybridized carbons (Fsp3) is 0.429. The Morgan fingerprint density at radius 1 is 0.979 bits per heavy atom. The second-order valence-electron chi connectivity index (χ2n) is 11.9. The number of amides is 3. The van der Waals surface area contributed by atoms with Crippen molar-refractivity contribution in [1.82, 2.24) is 15.6 Å². The summed E-state index contributed by atoms with van der Waals surface area (Å²) in [5.41, 5.74) is 3.71. The fourth-order valence-corrected chi connectivity index (χ4v) is 5.19. The Balaban J connectivity index is 1.74. The fourth-order valence-electron chi connectivity index (χ4n) is 5.19. The third-order valence-electron chi connectivity index (χ3n) is 7.65. The minimum atomic E-state index is -0.809. The van der Waals surface area contributed by atoms with E-state index in [-0.39, 0.29) is 40.6 Å². The molecule has 3 aromatic carbocycles. The van der Waals surface area contributed by atoms with Gasteiger partial charge in [0, 0.05) is 37.1 Å². The van der Waals surface area contributed by atoms with Gasteiger partial charge in [0.05, 0.1) is 38.2 Å². The summed E-state index contributed by atoms with van der Waals surface area (Å²) in [6.45, 7) is 14.4. The lowest BCUT2D eigenvalue weighted by atomic mass is 9.85. The van der Waals surface area contributed by atoms with Crippen molar-refractivity contribution in [2.24, 2.45) is 5.10 Å². The number of anilines is 1. The Morgan fingerprint density at radius 3 is 2.36 bits per heavy atom. The number of benzene rings is 3. The summed E-state index contributed by atoms with van der Waals surface area (Å²) in [6.07, 6.45) is -0.809. The van der Waals surface area contributed by atoms with E-state index in [4.69, 9.17) is 18.9 Å². The molecule has 1 heterocycles. The minimum Gasteiger partial charge on any atom is -0.494 e. The second-order valence-corrected chi connectivity index (χ2v) is 11.9. The van der Waals surface area contributed by atoms with Gasteiger partial charge in [-0.15, -0.1) is 0 Å². The van der Waals surface area contributed by atoms with Crippen LogP contribution in [-0.4, -0.2) is 88.2 Å². The summed E-state index contributed by atoms with van der Waals surface area (Å²) in [5.74, 6) is -0.121. The van der Waals surface area contributed by atoms with Crippen LogP contribution in [0.3, 0.4) is 0 Å². The maximum Gasteiger partial charge on any atom is 0.427 e. The standard InChI is InChI=1S/C35H45N5O7/c1-7-36-32(41)27-21-23(35(3,4)5)22-28(31(27)44-6)37-33(42)30(38-39-34(43)46-8-2)26-13-14-29(25-12-10-9-11-24(25)26)47-20-17-40-15-18-45-19-16-40/h9-14,21-22H,7-8,15-20H2,1-6H3,(H,36,41)(H,37,42)(H,39,43)/b38-30-. The van der Waals surface area contributed by atoms with Gasteiger partial charge in [0.2, 0.25) is 0 Å². The molecule has 0 bridgehead atoms. The van der Waals surface area contributed by atoms with E-state index in [0.717, 1.165) is 30.6 Å². The molecule has 252 valence electrons. The molecule has 4 rings (SSSR count). The molecule has 0 radical (unpaired) electrons. The number of rotatable bonds is 12. The van der Waals surface area contributed by atoms with Crippen molar-refractivity contribution < 1.29 is 33.3 Å². The van der Waals surface area contributed by atoms with Crippen molar-refractivity contribution in [1.29, 1.82) is 0 Å². The summed E-state index contributed by atoms with van der Waals surface area (Å²) in [6, 6.07) is 14.6. The molecule has 1 aliphatic heterocycles. The van der Waals surface area contributed by atoms with Gasteiger partial charge in [-0.2, -0.15) is 5.10 Å². The zero-order valence-corrected chi connectivity index (χ0v) is 28.0. The van der Waals surface area contributed by atoms with E-state index in [1.165, 1.54) is 7.11 Å². The van der Waals surface area contributed by atoms with Gasteiger partial charge in [-0.05, 0) is 54.5 Å². The molecule has 0 aromatic heterocycles. The number of carbonyl (C=O) groups is 3. The number of nitrogens with one attached hydrogen (secondary N) is 3. The van der Waals surface area contributed by atoms with E-state index in [9.17, 15) is 14.4 Å². The molecule has 47 heavy (non-hydrogen) atoms. The molecule has 3 aromatic rings. The van der Waals surface area contributed by atoms with Crippen LogP contribution in [0.15, 0.2) is 53.6 Å². The normalized spacial score (nSPS) is 14.0. The summed E-state index contributed by atoms with van der Waals surface area (Å²) in [4.78, 5) is 41.8. The quantitative estimate of drug-likeness (QED) is 0.190. The first-order chi connectivity index (χ1) is 22.6. The molecule has 0 spiro atoms. The third kappa shape index (κ3) is 8.99. The summed E-state index contributed by atoms with van der Waals surface area (Å²) < 4.78 is 22.3. The minimum absolute atomic E-state index is 0.0862. The van der Waals surface area contributed by atoms with Crippen LogP contribution in [0.5, 0.6) is 11.5 Å². The molecule has 12 nitrogen and oxygen atoms in total. The lowest BCUT2D eigenvalue weighted by Gasteiger charge is -2.26. The molecule has 0 saturated carbocycles. The monoisotopic (exact) mass is 647 g/mol. The highest BCUT2D eigenvalue weighted by Crippen LogP contribution is 2.36. The average Bonchev–Trinajstić information content (AvgIpc) is 3.05. The van der Waals surface area contributed by atoms with Crippen LogP contribution in [0.1, 0.15) is 56.1 Å². The van der Waals surface area contributed by atoms with Gasteiger partial charge in [0.15, 0.2) is 11.5 Å². The molecule has 3 amide bonds. The molecular weight excluding hydrogens is 602 g/mol. The van der Waals surface area contributed by atoms with Gasteiger partial charge in [-0.3, -0.25) is 14.5 Å². The van der Waals surface area contributed by atoms with Crippen molar-refractivity contribution in [2.45, 2.75) is 40.0 Å². The van der Waals surface area contributed by atoms with Crippen LogP contribution in [0.4, 0.5) is 10.5 Å². The highest BCUT2D eigenvalue weighted by Gasteiger charge is 2.26. The number of ether oxygens (including phenoxy) is 4. The first kappa shape index (κ1) is 35.2. The summed E-state index contributed by atoms with van der Waals surface area (Å²) in [7, 11) is 1.44. The Morgan fingerprint density at radius 2 is 1.70 bits per heavy atom. The highest BCUT2D eigenvalue weighted by atomic mass is 16.5. The number of fused-ring (bicyclic) bond motifs is 1. The lowest BCUT2D eigenvalue weighted by molar-refractivity contribution is -0.110. The molecular formula is C35H45N5O7. The van der Waals surface area contributed by atoms with Crippen molar-refractivity contribution >= 4 is 40.1 Å². The molecule has 1 aliphatic rings. The maximum absolute atomic E-state index is 14.2. The SMILES string of the molecule is CCNC(=O)c1cc(C(C)(C)C)cc(NC(=O)/C(=N\NC(=O)OCC)c2ccc(OCCN3CCOCC3)c3ccccc23)c1OC. The first-order valence-electron chi connectivity index (χ1n) is 15.8. The van der Waals surface area contributed by atoms with Crippen LogP contribution >= 0.6 is 0 Å². The van der Waals surface area contributed by atoms with Gasteiger partial charge in [0.1, 0.15) is 12.4 Å². The molecule has 0 atom stereocenters. The molecule has 0 unspecified atom stereocenters. The third-order valence-corrected chi connectivity index (χ3v) is 7.65. The lowest BCUT2D eigenvalue weighted by Crippen LogP contribution is -2.38. The second kappa shape index (κ2) is 16.2. The Hall–Kier alpha value is -4.68. The number of carbonyl (C=O) groups excluding carboxylic acids is 3. The summed E-state index contributed by atoms with van der Waals surface area (Å²) in [5, 5.41) is 11.4. The highest BCUT2D eigenvalue weighted by molar-refractivity contribution is 6.50. The van der Waals surface area contributed by atoms with Gasteiger partial charge in [-0.1, -0.05) is 45.0 Å². The summed E-state index contributed by atoms with van der Waals surface area (Å²) >= 11 is 0. The predicted octanol–water partition coefficient (Wildman–Crippen LogP) is 4.70. The van der Waals surface area contributed by atoms with Crippen molar-refractivity contribution in [3.05, 3.63) is 65.2 Å². The van der Waals surface area contributed by atoms with Gasteiger partial charge in [0.25, 0.3) is 11.8 Å². The van der Waals surface area contributed by atoms with Crippen LogP contribution in [0.25, 0.3) is 10.8 Å². The molecule has 12 heteroatoms. The van der Waals surface area contributed by atoms with Gasteiger partial charge < -0.3 is 29.6 Å². The maximum atomic E-state index is 14.2. The number of nitrogens with zero attached hydrogens (tertiary/aromatic N) is 2. The molecule has 1 fully saturated rings. The predicted molar refractivity (Wildman–Crippen MR) is 182 cm³/mol. The van der Waals surface area contributed by atoms with E-state index in [0.29, 0.717) is 43.1 Å². The number of hydrazone groups is 1. The zero-order chi connectivity index (χ0) is 34.0. The van der Waals surface area contributed by atoms with E-state index in [2.05, 4.69) is 26.1 Å². The van der Waals surface area contributed by atoms with Crippen molar-refractivity contribution in [3.8, 4) is 11.5 Å². The Kier molecular flexibility index (Phi) is 12.2. The van der Waals surface area contributed by atoms with Crippen molar-refractivity contribution in [3.63, 3.8) is 0 Å².